The molecule has 17 nitrogen and oxygen atoms in total. The molecule has 1 unspecified atom stereocenters. The van der Waals surface area contributed by atoms with Crippen molar-refractivity contribution in [2.45, 2.75) is 76.3 Å². The maximum atomic E-state index is 14.4. The minimum absolute atomic E-state index is 0.00263. The fraction of sp³-hybridized carbons (Fsp3) is 0.476. The van der Waals surface area contributed by atoms with Crippen molar-refractivity contribution < 1.29 is 23.2 Å². The molecule has 1 atom stereocenters. The molecule has 61 heavy (non-hydrogen) atoms. The molecule has 0 radical (unpaired) electrons. The lowest BCUT2D eigenvalue weighted by Crippen LogP contribution is -2.44. The number of carbonyl (C=O) groups is 3. The van der Waals surface area contributed by atoms with Crippen LogP contribution in [-0.2, 0) is 16.6 Å². The molecule has 1 aliphatic carbocycles. The SMILES string of the molecule is Cn1c(=O)n(C2CCC(=O)NC2=O)c2cccc(N3CCC4(CCN(CC5CCC(n6cc(-n7cc(-c8ccc9cc(C(N)=O)cnn89)nn7)c(C(F)F)n6)CC5)C4)CC3)c21. The topological polar surface area (TPSA) is 188 Å². The van der Waals surface area contributed by atoms with Gasteiger partial charge in [-0.3, -0.25) is 33.5 Å². The van der Waals surface area contributed by atoms with Crippen molar-refractivity contribution in [2.24, 2.45) is 24.1 Å². The summed E-state index contributed by atoms with van der Waals surface area (Å²) in [6, 6.07) is 10.3. The molecule has 3 amide bonds. The number of nitrogens with zero attached hydrogens (tertiary/aromatic N) is 11. The summed E-state index contributed by atoms with van der Waals surface area (Å²) >= 11 is 0. The zero-order valence-corrected chi connectivity index (χ0v) is 33.8. The molecule has 19 heteroatoms. The van der Waals surface area contributed by atoms with Crippen molar-refractivity contribution in [1.29, 1.82) is 0 Å². The first-order valence-electron chi connectivity index (χ1n) is 21.0. The van der Waals surface area contributed by atoms with Crippen molar-refractivity contribution in [1.82, 2.24) is 53.7 Å². The molecule has 3 saturated heterocycles. The number of piperidine rings is 2. The molecule has 4 aliphatic rings. The molecule has 3 N–H and O–H groups in total. The van der Waals surface area contributed by atoms with Crippen LogP contribution in [-0.4, -0.2) is 98.9 Å². The van der Waals surface area contributed by atoms with E-state index in [0.717, 1.165) is 88.9 Å². The molecule has 1 saturated carbocycles. The monoisotopic (exact) mass is 835 g/mol. The second kappa shape index (κ2) is 15.0. The second-order valence-electron chi connectivity index (χ2n) is 17.4. The predicted molar refractivity (Wildman–Crippen MR) is 219 cm³/mol. The van der Waals surface area contributed by atoms with Crippen LogP contribution in [0.5, 0.6) is 0 Å². The van der Waals surface area contributed by atoms with Gasteiger partial charge in [0.15, 0.2) is 5.69 Å². The van der Waals surface area contributed by atoms with Crippen molar-refractivity contribution in [3.63, 3.8) is 0 Å². The summed E-state index contributed by atoms with van der Waals surface area (Å²) in [5.41, 5.74) is 9.63. The normalized spacial score (nSPS) is 22.3. The highest BCUT2D eigenvalue weighted by Crippen LogP contribution is 2.44. The van der Waals surface area contributed by atoms with Gasteiger partial charge in [0.25, 0.3) is 6.43 Å². The van der Waals surface area contributed by atoms with E-state index in [-0.39, 0.29) is 46.4 Å². The molecule has 318 valence electrons. The van der Waals surface area contributed by atoms with Crippen molar-refractivity contribution >= 4 is 40.0 Å². The number of likely N-dealkylation sites (tertiary alicyclic amines) is 1. The van der Waals surface area contributed by atoms with Crippen molar-refractivity contribution in [2.75, 3.05) is 37.6 Å². The van der Waals surface area contributed by atoms with Gasteiger partial charge in [0.05, 0.1) is 58.1 Å². The minimum Gasteiger partial charge on any atom is -0.370 e. The van der Waals surface area contributed by atoms with Crippen LogP contribution in [0, 0.1) is 11.3 Å². The van der Waals surface area contributed by atoms with Gasteiger partial charge < -0.3 is 15.5 Å². The predicted octanol–water partition coefficient (Wildman–Crippen LogP) is 4.17. The molecule has 3 aliphatic heterocycles. The van der Waals surface area contributed by atoms with E-state index < -0.39 is 24.3 Å². The van der Waals surface area contributed by atoms with E-state index >= 15 is 0 Å². The third-order valence-electron chi connectivity index (χ3n) is 13.7. The number of fused-ring (bicyclic) bond motifs is 2. The highest BCUT2D eigenvalue weighted by Gasteiger charge is 2.42. The van der Waals surface area contributed by atoms with Gasteiger partial charge in [0, 0.05) is 39.6 Å². The van der Waals surface area contributed by atoms with Gasteiger partial charge in [-0.25, -0.2) is 22.8 Å². The van der Waals surface area contributed by atoms with Crippen LogP contribution in [0.25, 0.3) is 33.6 Å². The van der Waals surface area contributed by atoms with E-state index in [4.69, 9.17) is 5.73 Å². The first-order valence-corrected chi connectivity index (χ1v) is 21.0. The number of amides is 3. The molecule has 1 aromatic carbocycles. The Bertz CT molecular complexity index is 2750. The summed E-state index contributed by atoms with van der Waals surface area (Å²) in [6.45, 7) is 4.88. The number of carbonyl (C=O) groups excluding carboxylic acids is 3. The number of aryl methyl sites for hydroxylation is 1. The Morgan fingerprint density at radius 1 is 0.984 bits per heavy atom. The van der Waals surface area contributed by atoms with Crippen LogP contribution < -0.4 is 21.6 Å². The zero-order valence-electron chi connectivity index (χ0n) is 33.8. The van der Waals surface area contributed by atoms with Crippen LogP contribution in [0.4, 0.5) is 14.5 Å². The number of halogens is 2. The Hall–Kier alpha value is -6.24. The van der Waals surface area contributed by atoms with Gasteiger partial charge in [-0.15, -0.1) is 5.10 Å². The lowest BCUT2D eigenvalue weighted by Gasteiger charge is -2.41. The lowest BCUT2D eigenvalue weighted by molar-refractivity contribution is -0.135. The number of hydrogen-bond donors (Lipinski definition) is 2. The standard InChI is InChI=1S/C42H47F2N13O4/c1-51-37-31(3-2-4-32(37)56(41(51)61)33-11-12-35(58)47-40(33)60)53-17-14-42(15-18-53)13-16-52(24-42)21-25-5-7-27(8-6-25)54-23-34(36(49-54)38(43)44)55-22-29(48-50-55)30-10-9-28-19-26(39(45)59)20-46-57(28)30/h2-4,9-10,19-20,22-23,25,27,33,38H,5-8,11-18,21,24H2,1H3,(H2,45,59)(H,47,58,60). The van der Waals surface area contributed by atoms with Crippen LogP contribution in [0.3, 0.4) is 0 Å². The smallest absolute Gasteiger partial charge is 0.329 e. The van der Waals surface area contributed by atoms with E-state index in [1.807, 2.05) is 12.1 Å². The molecule has 8 heterocycles. The number of nitrogens with two attached hydrogens (primary N) is 1. The molecular weight excluding hydrogens is 789 g/mol. The Balaban J connectivity index is 0.759. The molecule has 10 rings (SSSR count). The van der Waals surface area contributed by atoms with Crippen molar-refractivity contribution in [3.8, 4) is 17.1 Å². The van der Waals surface area contributed by atoms with Gasteiger partial charge in [0.1, 0.15) is 17.4 Å². The Morgan fingerprint density at radius 3 is 2.52 bits per heavy atom. The van der Waals surface area contributed by atoms with E-state index in [1.54, 1.807) is 56.0 Å². The molecule has 4 fully saturated rings. The second-order valence-corrected chi connectivity index (χ2v) is 17.4. The van der Waals surface area contributed by atoms with Crippen LogP contribution in [0.1, 0.15) is 92.3 Å². The van der Waals surface area contributed by atoms with E-state index in [9.17, 15) is 28.0 Å². The maximum Gasteiger partial charge on any atom is 0.329 e. The maximum absolute atomic E-state index is 14.4. The van der Waals surface area contributed by atoms with E-state index in [0.29, 0.717) is 34.8 Å². The minimum atomic E-state index is -2.80. The lowest BCUT2D eigenvalue weighted by atomic mass is 9.77. The van der Waals surface area contributed by atoms with Gasteiger partial charge in [-0.05, 0) is 99.6 Å². The third-order valence-corrected chi connectivity index (χ3v) is 13.7. The summed E-state index contributed by atoms with van der Waals surface area (Å²) < 4.78 is 36.6. The highest BCUT2D eigenvalue weighted by molar-refractivity contribution is 6.00. The Morgan fingerprint density at radius 2 is 1.77 bits per heavy atom. The molecule has 1 spiro atoms. The molecular formula is C42H47F2N13O4. The number of benzene rings is 1. The summed E-state index contributed by atoms with van der Waals surface area (Å²) in [6.07, 6.45) is 9.22. The largest absolute Gasteiger partial charge is 0.370 e. The number of alkyl halides is 2. The Labute approximate surface area is 348 Å². The fourth-order valence-electron chi connectivity index (χ4n) is 10.4. The zero-order chi connectivity index (χ0) is 42.2. The van der Waals surface area contributed by atoms with Crippen LogP contribution >= 0.6 is 0 Å². The number of hydrogen-bond acceptors (Lipinski definition) is 10. The number of rotatable bonds is 9. The van der Waals surface area contributed by atoms with E-state index in [2.05, 4.69) is 41.7 Å². The average Bonchev–Trinajstić information content (AvgIpc) is 4.10. The number of para-hydroxylation sites is 1. The third kappa shape index (κ3) is 6.87. The van der Waals surface area contributed by atoms with Gasteiger partial charge in [-0.1, -0.05) is 11.3 Å². The first kappa shape index (κ1) is 38.9. The number of primary amides is 1. The molecule has 0 bridgehead atoms. The van der Waals surface area contributed by atoms with Gasteiger partial charge in [-0.2, -0.15) is 10.2 Å². The fourth-order valence-corrected chi connectivity index (χ4v) is 10.4. The Kier molecular flexibility index (Phi) is 9.60. The van der Waals surface area contributed by atoms with Crippen molar-refractivity contribution in [3.05, 3.63) is 76.7 Å². The quantitative estimate of drug-likeness (QED) is 0.200. The number of anilines is 1. The highest BCUT2D eigenvalue weighted by atomic mass is 19.3. The first-order chi connectivity index (χ1) is 29.4. The van der Waals surface area contributed by atoms with Crippen LogP contribution in [0.2, 0.25) is 0 Å². The van der Waals surface area contributed by atoms with Gasteiger partial charge in [0.2, 0.25) is 17.7 Å². The van der Waals surface area contributed by atoms with Gasteiger partial charge >= 0.3 is 5.69 Å². The van der Waals surface area contributed by atoms with E-state index in [1.165, 1.54) is 10.9 Å². The number of imide groups is 1. The number of imidazole rings is 1. The summed E-state index contributed by atoms with van der Waals surface area (Å²) in [7, 11) is 1.75. The summed E-state index contributed by atoms with van der Waals surface area (Å²) in [5.74, 6) is -0.813. The summed E-state index contributed by atoms with van der Waals surface area (Å²) in [5, 5.41) is 19.5. The summed E-state index contributed by atoms with van der Waals surface area (Å²) in [4.78, 5) is 54.7. The molecule has 6 aromatic rings. The van der Waals surface area contributed by atoms with Crippen LogP contribution in [0.15, 0.2) is 59.8 Å². The number of aromatic nitrogens is 9. The molecule has 5 aromatic heterocycles. The average molecular weight is 836 g/mol. The number of nitrogens with one attached hydrogen (secondary N) is 1.